The second kappa shape index (κ2) is 8.68. The summed E-state index contributed by atoms with van der Waals surface area (Å²) in [6, 6.07) is 0.140. The molecule has 0 spiro atoms. The standard InChI is InChI=1S/C11H23NO3/c1-5-10(6-2)12-9(3)11(13)15-8-7-14-4/h9-10,12H,5-8H2,1-4H3. The second-order valence-corrected chi connectivity index (χ2v) is 3.56. The van der Waals surface area contributed by atoms with Gasteiger partial charge in [-0.15, -0.1) is 0 Å². The third-order valence-corrected chi connectivity index (χ3v) is 2.36. The van der Waals surface area contributed by atoms with E-state index >= 15 is 0 Å². The number of carbonyl (C=O) groups excluding carboxylic acids is 1. The summed E-state index contributed by atoms with van der Waals surface area (Å²) < 4.78 is 9.81. The van der Waals surface area contributed by atoms with E-state index in [1.54, 1.807) is 7.11 Å². The maximum atomic E-state index is 11.4. The van der Waals surface area contributed by atoms with Gasteiger partial charge < -0.3 is 14.8 Å². The van der Waals surface area contributed by atoms with E-state index in [0.717, 1.165) is 12.8 Å². The van der Waals surface area contributed by atoms with E-state index in [2.05, 4.69) is 19.2 Å². The zero-order valence-electron chi connectivity index (χ0n) is 10.2. The number of ether oxygens (including phenoxy) is 2. The minimum Gasteiger partial charge on any atom is -0.462 e. The summed E-state index contributed by atoms with van der Waals surface area (Å²) in [5.41, 5.74) is 0. The van der Waals surface area contributed by atoms with Crippen molar-refractivity contribution in [3.63, 3.8) is 0 Å². The van der Waals surface area contributed by atoms with Crippen molar-refractivity contribution in [3.05, 3.63) is 0 Å². The molecular weight excluding hydrogens is 194 g/mol. The third-order valence-electron chi connectivity index (χ3n) is 2.36. The van der Waals surface area contributed by atoms with E-state index < -0.39 is 0 Å². The molecule has 90 valence electrons. The van der Waals surface area contributed by atoms with E-state index in [1.807, 2.05) is 6.92 Å². The van der Waals surface area contributed by atoms with E-state index in [4.69, 9.17) is 9.47 Å². The van der Waals surface area contributed by atoms with Crippen molar-refractivity contribution < 1.29 is 14.3 Å². The Morgan fingerprint density at radius 2 is 1.87 bits per heavy atom. The van der Waals surface area contributed by atoms with E-state index in [0.29, 0.717) is 19.3 Å². The Labute approximate surface area is 92.3 Å². The lowest BCUT2D eigenvalue weighted by molar-refractivity contribution is -0.147. The van der Waals surface area contributed by atoms with Gasteiger partial charge in [0.1, 0.15) is 12.6 Å². The molecule has 0 saturated heterocycles. The molecule has 0 aliphatic heterocycles. The molecule has 0 aromatic carbocycles. The Hall–Kier alpha value is -0.610. The fraction of sp³-hybridized carbons (Fsp3) is 0.909. The van der Waals surface area contributed by atoms with E-state index in [-0.39, 0.29) is 12.0 Å². The lowest BCUT2D eigenvalue weighted by atomic mass is 10.1. The highest BCUT2D eigenvalue weighted by Crippen LogP contribution is 1.99. The molecule has 0 aliphatic rings. The van der Waals surface area contributed by atoms with Crippen molar-refractivity contribution in [2.45, 2.75) is 45.7 Å². The number of nitrogens with one attached hydrogen (secondary N) is 1. The highest BCUT2D eigenvalue weighted by molar-refractivity contribution is 5.75. The number of rotatable bonds is 8. The maximum absolute atomic E-state index is 11.4. The zero-order valence-corrected chi connectivity index (χ0v) is 10.2. The zero-order chi connectivity index (χ0) is 11.7. The minimum absolute atomic E-state index is 0.209. The van der Waals surface area contributed by atoms with Crippen LogP contribution >= 0.6 is 0 Å². The Balaban J connectivity index is 3.77. The van der Waals surface area contributed by atoms with Gasteiger partial charge in [-0.25, -0.2) is 0 Å². The second-order valence-electron chi connectivity index (χ2n) is 3.56. The van der Waals surface area contributed by atoms with Crippen molar-refractivity contribution in [2.24, 2.45) is 0 Å². The maximum Gasteiger partial charge on any atom is 0.322 e. The lowest BCUT2D eigenvalue weighted by Gasteiger charge is -2.19. The first-order chi connectivity index (χ1) is 7.15. The minimum atomic E-state index is -0.244. The molecule has 0 rings (SSSR count). The number of methoxy groups -OCH3 is 1. The van der Waals surface area contributed by atoms with Crippen LogP contribution in [0.2, 0.25) is 0 Å². The van der Waals surface area contributed by atoms with Gasteiger partial charge in [0, 0.05) is 13.2 Å². The highest BCUT2D eigenvalue weighted by Gasteiger charge is 2.16. The topological polar surface area (TPSA) is 47.6 Å². The van der Waals surface area contributed by atoms with Crippen molar-refractivity contribution in [3.8, 4) is 0 Å². The smallest absolute Gasteiger partial charge is 0.322 e. The molecule has 0 fully saturated rings. The Bertz CT molecular complexity index is 169. The third kappa shape index (κ3) is 6.47. The lowest BCUT2D eigenvalue weighted by Crippen LogP contribution is -2.42. The summed E-state index contributed by atoms with van der Waals surface area (Å²) in [6.07, 6.45) is 2.04. The van der Waals surface area contributed by atoms with Crippen LogP contribution in [0.15, 0.2) is 0 Å². The molecule has 0 aromatic rings. The van der Waals surface area contributed by atoms with Crippen LogP contribution in [0.5, 0.6) is 0 Å². The van der Waals surface area contributed by atoms with Crippen molar-refractivity contribution in [2.75, 3.05) is 20.3 Å². The Morgan fingerprint density at radius 3 is 2.33 bits per heavy atom. The predicted octanol–water partition coefficient (Wildman–Crippen LogP) is 1.34. The fourth-order valence-electron chi connectivity index (χ4n) is 1.30. The van der Waals surface area contributed by atoms with Crippen LogP contribution in [0.3, 0.4) is 0 Å². The molecule has 15 heavy (non-hydrogen) atoms. The van der Waals surface area contributed by atoms with Gasteiger partial charge in [-0.3, -0.25) is 4.79 Å². The first-order valence-electron chi connectivity index (χ1n) is 5.57. The quantitative estimate of drug-likeness (QED) is 0.492. The number of hydrogen-bond acceptors (Lipinski definition) is 4. The van der Waals surface area contributed by atoms with Crippen LogP contribution in [0.4, 0.5) is 0 Å². The molecule has 0 heterocycles. The van der Waals surface area contributed by atoms with Gasteiger partial charge in [-0.05, 0) is 19.8 Å². The summed E-state index contributed by atoms with van der Waals surface area (Å²) in [6.45, 7) is 6.80. The van der Waals surface area contributed by atoms with Crippen LogP contribution in [0.25, 0.3) is 0 Å². The molecule has 1 unspecified atom stereocenters. The molecule has 0 aromatic heterocycles. The normalized spacial score (nSPS) is 12.9. The molecule has 0 amide bonds. The molecule has 0 bridgehead atoms. The largest absolute Gasteiger partial charge is 0.462 e. The summed E-state index contributed by atoms with van der Waals surface area (Å²) in [7, 11) is 1.58. The Morgan fingerprint density at radius 1 is 1.27 bits per heavy atom. The van der Waals surface area contributed by atoms with Crippen molar-refractivity contribution in [1.29, 1.82) is 0 Å². The van der Waals surface area contributed by atoms with Crippen LogP contribution < -0.4 is 5.32 Å². The number of carbonyl (C=O) groups is 1. The summed E-state index contributed by atoms with van der Waals surface area (Å²) in [5, 5.41) is 3.23. The predicted molar refractivity (Wildman–Crippen MR) is 59.8 cm³/mol. The van der Waals surface area contributed by atoms with Gasteiger partial charge in [0.25, 0.3) is 0 Å². The molecule has 4 nitrogen and oxygen atoms in total. The van der Waals surface area contributed by atoms with E-state index in [1.165, 1.54) is 0 Å². The average Bonchev–Trinajstić information content (AvgIpc) is 2.25. The molecule has 0 aliphatic carbocycles. The average molecular weight is 217 g/mol. The molecule has 4 heteroatoms. The summed E-state index contributed by atoms with van der Waals surface area (Å²) in [5.74, 6) is -0.209. The SMILES string of the molecule is CCC(CC)NC(C)C(=O)OCCOC. The molecule has 0 saturated carbocycles. The molecule has 1 N–H and O–H groups in total. The van der Waals surface area contributed by atoms with E-state index in [9.17, 15) is 4.79 Å². The fourth-order valence-corrected chi connectivity index (χ4v) is 1.30. The van der Waals surface area contributed by atoms with Gasteiger partial charge in [-0.2, -0.15) is 0 Å². The van der Waals surface area contributed by atoms with Gasteiger partial charge >= 0.3 is 5.97 Å². The van der Waals surface area contributed by atoms with Gasteiger partial charge in [0.05, 0.1) is 6.61 Å². The van der Waals surface area contributed by atoms with Gasteiger partial charge in [0.15, 0.2) is 0 Å². The van der Waals surface area contributed by atoms with Crippen LogP contribution in [0, 0.1) is 0 Å². The Kier molecular flexibility index (Phi) is 8.33. The molecule has 1 atom stereocenters. The van der Waals surface area contributed by atoms with Crippen LogP contribution in [-0.2, 0) is 14.3 Å². The number of hydrogen-bond donors (Lipinski definition) is 1. The first kappa shape index (κ1) is 14.4. The van der Waals surface area contributed by atoms with Crippen LogP contribution in [0.1, 0.15) is 33.6 Å². The molecule has 0 radical (unpaired) electrons. The van der Waals surface area contributed by atoms with Crippen LogP contribution in [-0.4, -0.2) is 38.4 Å². The summed E-state index contributed by atoms with van der Waals surface area (Å²) >= 11 is 0. The summed E-state index contributed by atoms with van der Waals surface area (Å²) in [4.78, 5) is 11.4. The monoisotopic (exact) mass is 217 g/mol. The van der Waals surface area contributed by atoms with Crippen molar-refractivity contribution >= 4 is 5.97 Å². The first-order valence-corrected chi connectivity index (χ1v) is 5.57. The molecular formula is C11H23NO3. The van der Waals surface area contributed by atoms with Gasteiger partial charge in [-0.1, -0.05) is 13.8 Å². The van der Waals surface area contributed by atoms with Gasteiger partial charge in [0.2, 0.25) is 0 Å². The van der Waals surface area contributed by atoms with Crippen molar-refractivity contribution in [1.82, 2.24) is 5.32 Å². The highest BCUT2D eigenvalue weighted by atomic mass is 16.6. The number of esters is 1.